The van der Waals surface area contributed by atoms with Crippen LogP contribution in [0.15, 0.2) is 30.3 Å². The highest BCUT2D eigenvalue weighted by molar-refractivity contribution is 5.83. The molecule has 1 aliphatic carbocycles. The highest BCUT2D eigenvalue weighted by Crippen LogP contribution is 2.49. The maximum Gasteiger partial charge on any atom is 0.226 e. The van der Waals surface area contributed by atoms with Gasteiger partial charge in [0, 0.05) is 50.9 Å². The van der Waals surface area contributed by atoms with Crippen LogP contribution in [0, 0.1) is 17.8 Å². The predicted octanol–water partition coefficient (Wildman–Crippen LogP) is 1.73. The molecule has 0 N–H and O–H groups in total. The van der Waals surface area contributed by atoms with Crippen molar-refractivity contribution < 1.29 is 9.59 Å². The zero-order valence-corrected chi connectivity index (χ0v) is 12.9. The molecule has 4 rings (SSSR count). The highest BCUT2D eigenvalue weighted by Gasteiger charge is 2.49. The number of likely N-dealkylation sites (tertiary alicyclic amines) is 2. The number of hydrogen-bond donors (Lipinski definition) is 0. The van der Waals surface area contributed by atoms with Crippen molar-refractivity contribution in [3.63, 3.8) is 0 Å². The largest absolute Gasteiger partial charge is 0.342 e. The predicted molar refractivity (Wildman–Crippen MR) is 83.1 cm³/mol. The van der Waals surface area contributed by atoms with Crippen molar-refractivity contribution in [1.82, 2.24) is 9.80 Å². The van der Waals surface area contributed by atoms with Gasteiger partial charge in [-0.25, -0.2) is 0 Å². The maximum atomic E-state index is 12.7. The van der Waals surface area contributed by atoms with E-state index in [-0.39, 0.29) is 11.8 Å². The Balaban J connectivity index is 1.36. The third-order valence-corrected chi connectivity index (χ3v) is 5.58. The first-order chi connectivity index (χ1) is 10.6. The van der Waals surface area contributed by atoms with E-state index in [9.17, 15) is 9.59 Å². The molecule has 0 aromatic heterocycles. The summed E-state index contributed by atoms with van der Waals surface area (Å²) in [5.41, 5.74) is 1.29. The van der Waals surface area contributed by atoms with Gasteiger partial charge in [0.15, 0.2) is 0 Å². The minimum Gasteiger partial charge on any atom is -0.342 e. The van der Waals surface area contributed by atoms with Crippen LogP contribution in [0.5, 0.6) is 0 Å². The average Bonchev–Trinajstić information content (AvgIpc) is 3.06. The van der Waals surface area contributed by atoms with Crippen molar-refractivity contribution in [2.75, 3.05) is 26.2 Å². The number of fused-ring (bicyclic) bond motifs is 1. The normalized spacial score (nSPS) is 33.0. The molecule has 116 valence electrons. The van der Waals surface area contributed by atoms with Crippen LogP contribution >= 0.6 is 0 Å². The van der Waals surface area contributed by atoms with Gasteiger partial charge in [-0.3, -0.25) is 9.59 Å². The monoisotopic (exact) mass is 298 g/mol. The van der Waals surface area contributed by atoms with Crippen LogP contribution < -0.4 is 0 Å². The molecule has 1 saturated carbocycles. The molecule has 1 aromatic rings. The lowest BCUT2D eigenvalue weighted by Gasteiger charge is -2.21. The zero-order valence-electron chi connectivity index (χ0n) is 12.9. The molecule has 0 spiro atoms. The van der Waals surface area contributed by atoms with Gasteiger partial charge in [0.2, 0.25) is 11.8 Å². The second-order valence-electron chi connectivity index (χ2n) is 7.05. The molecule has 2 aliphatic heterocycles. The van der Waals surface area contributed by atoms with Crippen molar-refractivity contribution in [2.24, 2.45) is 17.8 Å². The lowest BCUT2D eigenvalue weighted by Crippen LogP contribution is -2.35. The number of carbonyl (C=O) groups is 2. The van der Waals surface area contributed by atoms with Gasteiger partial charge in [0.1, 0.15) is 0 Å². The van der Waals surface area contributed by atoms with Crippen LogP contribution in [-0.4, -0.2) is 47.8 Å². The maximum absolute atomic E-state index is 12.7. The Hall–Kier alpha value is -1.84. The minimum atomic E-state index is 0.165. The second kappa shape index (κ2) is 5.11. The Morgan fingerprint density at radius 2 is 1.55 bits per heavy atom. The van der Waals surface area contributed by atoms with Crippen LogP contribution in [0.1, 0.15) is 24.8 Å². The van der Waals surface area contributed by atoms with Gasteiger partial charge < -0.3 is 9.80 Å². The quantitative estimate of drug-likeness (QED) is 0.834. The molecule has 22 heavy (non-hydrogen) atoms. The summed E-state index contributed by atoms with van der Waals surface area (Å²) in [4.78, 5) is 28.1. The third-order valence-electron chi connectivity index (χ3n) is 5.58. The molecular weight excluding hydrogens is 276 g/mol. The summed E-state index contributed by atoms with van der Waals surface area (Å²) in [6, 6.07) is 10.4. The molecule has 2 heterocycles. The fourth-order valence-corrected chi connectivity index (χ4v) is 4.20. The third kappa shape index (κ3) is 2.31. The summed E-state index contributed by atoms with van der Waals surface area (Å²) < 4.78 is 0. The van der Waals surface area contributed by atoms with Gasteiger partial charge in [-0.2, -0.15) is 0 Å². The molecule has 4 nitrogen and oxygen atoms in total. The lowest BCUT2D eigenvalue weighted by molar-refractivity contribution is -0.132. The fraction of sp³-hybridized carbons (Fsp3) is 0.556. The van der Waals surface area contributed by atoms with Gasteiger partial charge in [0.25, 0.3) is 0 Å². The Morgan fingerprint density at radius 3 is 2.14 bits per heavy atom. The molecule has 2 saturated heterocycles. The Labute approximate surface area is 131 Å². The van der Waals surface area contributed by atoms with Crippen molar-refractivity contribution in [3.8, 4) is 0 Å². The number of carbonyl (C=O) groups excluding carboxylic acids is 2. The number of benzene rings is 1. The molecule has 4 heteroatoms. The molecule has 0 radical (unpaired) electrons. The number of amides is 2. The van der Waals surface area contributed by atoms with E-state index in [2.05, 4.69) is 17.0 Å². The Morgan fingerprint density at radius 1 is 0.955 bits per heavy atom. The Kier molecular flexibility index (Phi) is 3.21. The van der Waals surface area contributed by atoms with Gasteiger partial charge in [-0.1, -0.05) is 30.3 Å². The van der Waals surface area contributed by atoms with E-state index >= 15 is 0 Å². The van der Waals surface area contributed by atoms with E-state index in [0.29, 0.717) is 23.7 Å². The second-order valence-corrected chi connectivity index (χ2v) is 7.05. The average molecular weight is 298 g/mol. The van der Waals surface area contributed by atoms with Crippen LogP contribution in [0.2, 0.25) is 0 Å². The van der Waals surface area contributed by atoms with Crippen molar-refractivity contribution in [1.29, 1.82) is 0 Å². The first-order valence-corrected chi connectivity index (χ1v) is 8.22. The van der Waals surface area contributed by atoms with Crippen LogP contribution in [-0.2, 0) is 9.59 Å². The van der Waals surface area contributed by atoms with E-state index in [0.717, 1.165) is 32.6 Å². The number of nitrogens with zero attached hydrogens (tertiary/aromatic N) is 2. The van der Waals surface area contributed by atoms with Gasteiger partial charge >= 0.3 is 0 Å². The van der Waals surface area contributed by atoms with Gasteiger partial charge in [-0.05, 0) is 17.9 Å². The van der Waals surface area contributed by atoms with Crippen molar-refractivity contribution >= 4 is 11.8 Å². The SMILES string of the molecule is CC(=O)N1CC2CN(C(=O)C3CC3c3ccccc3)CC2C1. The molecule has 4 unspecified atom stereocenters. The summed E-state index contributed by atoms with van der Waals surface area (Å²) in [5.74, 6) is 2.08. The highest BCUT2D eigenvalue weighted by atomic mass is 16.2. The van der Waals surface area contributed by atoms with E-state index in [4.69, 9.17) is 0 Å². The fourth-order valence-electron chi connectivity index (χ4n) is 4.20. The lowest BCUT2D eigenvalue weighted by atomic mass is 10.0. The number of rotatable bonds is 2. The topological polar surface area (TPSA) is 40.6 Å². The van der Waals surface area contributed by atoms with Gasteiger partial charge in [0.05, 0.1) is 0 Å². The standard InChI is InChI=1S/C18H22N2O2/c1-12(21)19-8-14-10-20(11-15(14)9-19)18(22)17-7-16(17)13-5-3-2-4-6-13/h2-6,14-17H,7-11H2,1H3. The first-order valence-electron chi connectivity index (χ1n) is 8.22. The van der Waals surface area contributed by atoms with Crippen LogP contribution in [0.4, 0.5) is 0 Å². The van der Waals surface area contributed by atoms with Crippen LogP contribution in [0.3, 0.4) is 0 Å². The van der Waals surface area contributed by atoms with Gasteiger partial charge in [-0.15, -0.1) is 0 Å². The molecular formula is C18H22N2O2. The molecule has 3 fully saturated rings. The summed E-state index contributed by atoms with van der Waals surface area (Å²) in [6.07, 6.45) is 0.994. The van der Waals surface area contributed by atoms with E-state index in [1.807, 2.05) is 23.1 Å². The Bertz CT molecular complexity index is 586. The molecule has 3 aliphatic rings. The van der Waals surface area contributed by atoms with Crippen LogP contribution in [0.25, 0.3) is 0 Å². The van der Waals surface area contributed by atoms with Crippen molar-refractivity contribution in [2.45, 2.75) is 19.3 Å². The summed E-state index contributed by atoms with van der Waals surface area (Å²) in [5, 5.41) is 0. The molecule has 2 amide bonds. The molecule has 0 bridgehead atoms. The van der Waals surface area contributed by atoms with E-state index < -0.39 is 0 Å². The van der Waals surface area contributed by atoms with E-state index in [1.54, 1.807) is 6.92 Å². The van der Waals surface area contributed by atoms with Crippen molar-refractivity contribution in [3.05, 3.63) is 35.9 Å². The summed E-state index contributed by atoms with van der Waals surface area (Å²) >= 11 is 0. The smallest absolute Gasteiger partial charge is 0.226 e. The summed E-state index contributed by atoms with van der Waals surface area (Å²) in [6.45, 7) is 4.97. The molecule has 1 aromatic carbocycles. The number of hydrogen-bond acceptors (Lipinski definition) is 2. The molecule has 4 atom stereocenters. The zero-order chi connectivity index (χ0) is 15.3. The minimum absolute atomic E-state index is 0.165. The first kappa shape index (κ1) is 13.8. The summed E-state index contributed by atoms with van der Waals surface area (Å²) in [7, 11) is 0. The van der Waals surface area contributed by atoms with E-state index in [1.165, 1.54) is 5.56 Å².